The molecule has 1 saturated heterocycles. The first-order chi connectivity index (χ1) is 27.2. The maximum Gasteiger partial charge on any atom is 0.311 e. The number of phenols is 1. The molecule has 2 heterocycles. The summed E-state index contributed by atoms with van der Waals surface area (Å²) >= 11 is 1.17. The number of rotatable bonds is 16. The summed E-state index contributed by atoms with van der Waals surface area (Å²) < 4.78 is 5.89. The molecule has 57 heavy (non-hydrogen) atoms. The zero-order valence-electron chi connectivity index (χ0n) is 33.8. The second kappa shape index (κ2) is 19.6. The first kappa shape index (κ1) is 43.3. The summed E-state index contributed by atoms with van der Waals surface area (Å²) in [7, 11) is 1.94. The van der Waals surface area contributed by atoms with E-state index in [-0.39, 0.29) is 60.5 Å². The molecule has 3 aromatic rings. The summed E-state index contributed by atoms with van der Waals surface area (Å²) in [5, 5.41) is 28.0. The molecule has 0 radical (unpaired) electrons. The third-order valence-electron chi connectivity index (χ3n) is 11.4. The Morgan fingerprint density at radius 1 is 1.07 bits per heavy atom. The molecule has 1 aromatic heterocycles. The van der Waals surface area contributed by atoms with E-state index >= 15 is 0 Å². The number of aromatic hydroxyl groups is 1. The van der Waals surface area contributed by atoms with Crippen molar-refractivity contribution >= 4 is 41.0 Å². The van der Waals surface area contributed by atoms with Crippen LogP contribution < -0.4 is 10.6 Å². The number of carboxylic acid groups (broad SMARTS) is 1. The van der Waals surface area contributed by atoms with Crippen LogP contribution in [0.25, 0.3) is 0 Å². The second-order valence-corrected chi connectivity index (χ2v) is 16.8. The number of hydrogen-bond donors (Lipinski definition) is 4. The summed E-state index contributed by atoms with van der Waals surface area (Å²) in [4.78, 5) is 75.5. The Bertz CT molecular complexity index is 1890. The Morgan fingerprint density at radius 2 is 1.81 bits per heavy atom. The molecule has 4 N–H and O–H groups in total. The number of benzene rings is 2. The molecule has 1 fully saturated rings. The van der Waals surface area contributed by atoms with Crippen molar-refractivity contribution < 1.29 is 38.9 Å². The van der Waals surface area contributed by atoms with E-state index in [0.29, 0.717) is 23.4 Å². The molecular weight excluding hydrogens is 747 g/mol. The number of hydrogen-bond acceptors (Lipinski definition) is 10. The summed E-state index contributed by atoms with van der Waals surface area (Å²) in [6, 6.07) is 12.2. The van der Waals surface area contributed by atoms with Crippen LogP contribution in [0.4, 0.5) is 0 Å². The first-order valence-corrected chi connectivity index (χ1v) is 20.9. The predicted octanol–water partition coefficient (Wildman–Crippen LogP) is 5.82. The van der Waals surface area contributed by atoms with Gasteiger partial charge >= 0.3 is 11.9 Å². The number of carbonyl (C=O) groups excluding carboxylic acids is 4. The number of likely N-dealkylation sites (tertiary alicyclic amines) is 1. The first-order valence-electron chi connectivity index (χ1n) is 20.0. The fraction of sp³-hybridized carbons (Fsp3) is 0.535. The molecule has 0 saturated carbocycles. The monoisotopic (exact) mass is 803 g/mol. The molecule has 0 unspecified atom stereocenters. The van der Waals surface area contributed by atoms with E-state index in [2.05, 4.69) is 20.5 Å². The highest BCUT2D eigenvalue weighted by atomic mass is 32.1. The van der Waals surface area contributed by atoms with Crippen LogP contribution >= 0.6 is 11.3 Å². The fourth-order valence-electron chi connectivity index (χ4n) is 8.03. The van der Waals surface area contributed by atoms with Crippen LogP contribution in [0.1, 0.15) is 117 Å². The normalized spacial score (nSPS) is 20.4. The number of nitrogens with one attached hydrogen (secondary N) is 2. The Labute approximate surface area is 339 Å². The third kappa shape index (κ3) is 11.0. The average Bonchev–Trinajstić information content (AvgIpc) is 3.68. The van der Waals surface area contributed by atoms with Crippen molar-refractivity contribution in [2.75, 3.05) is 13.6 Å². The molecular formula is C43H57N5O8S. The molecule has 5 rings (SSSR count). The standard InChI is InChI=1S/C43H57N5O8S/c1-7-26(4)38(46-40(52)35-15-11-12-18-47(35)6)42(53)48(23-28-13-9-8-10-14-28)36(25(2)3)22-37(56-27(5)49)41-45-34(24-57-41)39(51)44-30-19-29-16-17-31(50)21-32(29)33(20-30)43(54)55/h8-10,13-14,16-17,21,24-26,30,33,35-38,50H,7,11-12,15,18-20,22-23H2,1-6H3,(H,44,51)(H,46,52)(H,54,55)/t26-,30-,33+,35+,36+,37+,38-/m0/s1. The number of carboxylic acids is 1. The number of phenolic OH excluding ortho intramolecular Hbond substituents is 1. The van der Waals surface area contributed by atoms with Crippen LogP contribution in [0.2, 0.25) is 0 Å². The van der Waals surface area contributed by atoms with Gasteiger partial charge in [0.2, 0.25) is 11.8 Å². The number of amides is 3. The SMILES string of the molecule is CC[C@H](C)[C@H](NC(=O)[C@H]1CCCCN1C)C(=O)N(Cc1ccccc1)[C@H](C[C@@H](OC(C)=O)c1nc(C(=O)N[C@H]2Cc3ccc(O)cc3[C@H](C(=O)O)C2)cs1)C(C)C. The highest BCUT2D eigenvalue weighted by Gasteiger charge is 2.39. The van der Waals surface area contributed by atoms with Gasteiger partial charge in [-0.1, -0.05) is 76.9 Å². The lowest BCUT2D eigenvalue weighted by atomic mass is 9.80. The number of thiazole rings is 1. The Kier molecular flexibility index (Phi) is 14.9. The van der Waals surface area contributed by atoms with Crippen molar-refractivity contribution in [1.82, 2.24) is 25.4 Å². The van der Waals surface area contributed by atoms with Crippen LogP contribution in [-0.4, -0.2) is 92.4 Å². The van der Waals surface area contributed by atoms with Crippen molar-refractivity contribution in [2.45, 2.75) is 122 Å². The lowest BCUT2D eigenvalue weighted by molar-refractivity contribution is -0.150. The van der Waals surface area contributed by atoms with E-state index in [1.54, 1.807) is 16.3 Å². The van der Waals surface area contributed by atoms with Crippen LogP contribution in [0.15, 0.2) is 53.9 Å². The number of carbonyl (C=O) groups is 5. The summed E-state index contributed by atoms with van der Waals surface area (Å²) in [6.07, 6.45) is 3.18. The molecule has 13 nitrogen and oxygen atoms in total. The molecule has 14 heteroatoms. The fourth-order valence-corrected chi connectivity index (χ4v) is 8.87. The van der Waals surface area contributed by atoms with Gasteiger partial charge < -0.3 is 30.5 Å². The Balaban J connectivity index is 1.41. The zero-order chi connectivity index (χ0) is 41.4. The number of esters is 1. The minimum absolute atomic E-state index is 0.0168. The number of aromatic nitrogens is 1. The van der Waals surface area contributed by atoms with Gasteiger partial charge in [-0.05, 0) is 79.9 Å². The number of aliphatic carboxylic acids is 1. The average molecular weight is 804 g/mol. The lowest BCUT2D eigenvalue weighted by Crippen LogP contribution is -2.58. The number of ether oxygens (including phenoxy) is 1. The van der Waals surface area contributed by atoms with E-state index in [0.717, 1.165) is 36.9 Å². The molecule has 2 aromatic carbocycles. The number of piperidine rings is 1. The molecule has 3 amide bonds. The molecule has 2 aliphatic rings. The number of nitrogens with zero attached hydrogens (tertiary/aromatic N) is 3. The van der Waals surface area contributed by atoms with Gasteiger partial charge in [0.15, 0.2) is 6.10 Å². The van der Waals surface area contributed by atoms with Crippen molar-refractivity contribution in [3.05, 3.63) is 81.3 Å². The quantitative estimate of drug-likeness (QED) is 0.129. The minimum Gasteiger partial charge on any atom is -0.508 e. The van der Waals surface area contributed by atoms with E-state index in [1.807, 2.05) is 65.1 Å². The largest absolute Gasteiger partial charge is 0.508 e. The Hall–Kier alpha value is -4.82. The van der Waals surface area contributed by atoms with E-state index in [1.165, 1.54) is 30.4 Å². The molecule has 1 aliphatic carbocycles. The maximum atomic E-state index is 15.0. The van der Waals surface area contributed by atoms with Gasteiger partial charge in [-0.25, -0.2) is 4.98 Å². The van der Waals surface area contributed by atoms with E-state index in [9.17, 15) is 34.2 Å². The third-order valence-corrected chi connectivity index (χ3v) is 12.4. The van der Waals surface area contributed by atoms with Gasteiger partial charge in [-0.3, -0.25) is 28.9 Å². The second-order valence-electron chi connectivity index (χ2n) is 15.9. The summed E-state index contributed by atoms with van der Waals surface area (Å²) in [5.74, 6) is -3.66. The van der Waals surface area contributed by atoms with Gasteiger partial charge in [0.1, 0.15) is 22.5 Å². The molecule has 0 bridgehead atoms. The topological polar surface area (TPSA) is 178 Å². The molecule has 0 spiro atoms. The van der Waals surface area contributed by atoms with Gasteiger partial charge in [-0.2, -0.15) is 0 Å². The highest BCUT2D eigenvalue weighted by Crippen LogP contribution is 2.35. The smallest absolute Gasteiger partial charge is 0.311 e. The molecule has 1 aliphatic heterocycles. The van der Waals surface area contributed by atoms with E-state index in [4.69, 9.17) is 4.74 Å². The van der Waals surface area contributed by atoms with Crippen molar-refractivity contribution in [3.8, 4) is 5.75 Å². The van der Waals surface area contributed by atoms with E-state index < -0.39 is 48.0 Å². The van der Waals surface area contributed by atoms with Crippen molar-refractivity contribution in [1.29, 1.82) is 0 Å². The van der Waals surface area contributed by atoms with Gasteiger partial charge in [0.25, 0.3) is 5.91 Å². The van der Waals surface area contributed by atoms with Crippen molar-refractivity contribution in [3.63, 3.8) is 0 Å². The van der Waals surface area contributed by atoms with Gasteiger partial charge in [-0.15, -0.1) is 11.3 Å². The molecule has 7 atom stereocenters. The van der Waals surface area contributed by atoms with Gasteiger partial charge in [0, 0.05) is 37.4 Å². The van der Waals surface area contributed by atoms with Crippen LogP contribution in [0, 0.1) is 11.8 Å². The minimum atomic E-state index is -1.05. The number of likely N-dealkylation sites (N-methyl/N-ethyl adjacent to an activating group) is 1. The van der Waals surface area contributed by atoms with Crippen LogP contribution in [0.5, 0.6) is 5.75 Å². The van der Waals surface area contributed by atoms with Gasteiger partial charge in [0.05, 0.1) is 12.0 Å². The molecule has 308 valence electrons. The Morgan fingerprint density at radius 3 is 2.46 bits per heavy atom. The summed E-state index contributed by atoms with van der Waals surface area (Å²) in [5.41, 5.74) is 2.27. The highest BCUT2D eigenvalue weighted by molar-refractivity contribution is 7.09. The van der Waals surface area contributed by atoms with Crippen LogP contribution in [-0.2, 0) is 36.9 Å². The van der Waals surface area contributed by atoms with Crippen LogP contribution in [0.3, 0.4) is 0 Å². The number of fused-ring (bicyclic) bond motifs is 1. The van der Waals surface area contributed by atoms with Crippen molar-refractivity contribution in [2.24, 2.45) is 11.8 Å². The predicted molar refractivity (Wildman–Crippen MR) is 217 cm³/mol. The lowest BCUT2D eigenvalue weighted by Gasteiger charge is -2.40. The maximum absolute atomic E-state index is 15.0. The summed E-state index contributed by atoms with van der Waals surface area (Å²) in [6.45, 7) is 10.4. The zero-order valence-corrected chi connectivity index (χ0v) is 34.6.